The van der Waals surface area contributed by atoms with Gasteiger partial charge in [0, 0.05) is 11.1 Å². The quantitative estimate of drug-likeness (QED) is 0.281. The highest BCUT2D eigenvalue weighted by Crippen LogP contribution is 2.36. The van der Waals surface area contributed by atoms with Crippen molar-refractivity contribution in [3.05, 3.63) is 103 Å². The minimum atomic E-state index is -0.758. The summed E-state index contributed by atoms with van der Waals surface area (Å²) in [5.41, 5.74) is 2.10. The minimum absolute atomic E-state index is 0.101. The maximum absolute atomic E-state index is 14.2. The normalized spacial score (nSPS) is 15.2. The van der Waals surface area contributed by atoms with E-state index in [4.69, 9.17) is 19.2 Å². The SMILES string of the molecule is CCOC(=O)C1=C(C)N=c2s/c(=C/c3c(OCC)ccc4ccccc34)c(=O)n2[C@@H]1c1ccccc1OC(C)C. The van der Waals surface area contributed by atoms with E-state index in [-0.39, 0.29) is 18.3 Å². The number of fused-ring (bicyclic) bond motifs is 2. The summed E-state index contributed by atoms with van der Waals surface area (Å²) < 4.78 is 19.6. The monoisotopic (exact) mass is 556 g/mol. The third-order valence-corrected chi connectivity index (χ3v) is 7.58. The second-order valence-electron chi connectivity index (χ2n) is 9.64. The molecule has 3 aromatic carbocycles. The fourth-order valence-corrected chi connectivity index (χ4v) is 6.02. The molecule has 2 heterocycles. The van der Waals surface area contributed by atoms with Crippen molar-refractivity contribution in [1.82, 2.24) is 4.57 Å². The number of benzene rings is 3. The molecule has 7 nitrogen and oxygen atoms in total. The Morgan fingerprint density at radius 2 is 1.77 bits per heavy atom. The molecule has 0 fully saturated rings. The topological polar surface area (TPSA) is 79.1 Å². The van der Waals surface area contributed by atoms with E-state index in [2.05, 4.69) is 0 Å². The van der Waals surface area contributed by atoms with Crippen LogP contribution in [0.2, 0.25) is 0 Å². The Hall–Kier alpha value is -4.17. The zero-order chi connectivity index (χ0) is 28.4. The van der Waals surface area contributed by atoms with Crippen molar-refractivity contribution in [1.29, 1.82) is 0 Å². The summed E-state index contributed by atoms with van der Waals surface area (Å²) in [6, 6.07) is 18.7. The molecule has 1 aliphatic rings. The molecule has 0 saturated carbocycles. The number of ether oxygens (including phenoxy) is 3. The Morgan fingerprint density at radius 1 is 1.02 bits per heavy atom. The van der Waals surface area contributed by atoms with Gasteiger partial charge in [-0.1, -0.05) is 59.9 Å². The molecule has 0 N–H and O–H groups in total. The van der Waals surface area contributed by atoms with Crippen molar-refractivity contribution in [3.63, 3.8) is 0 Å². The third kappa shape index (κ3) is 5.07. The van der Waals surface area contributed by atoms with Gasteiger partial charge >= 0.3 is 5.97 Å². The van der Waals surface area contributed by atoms with Gasteiger partial charge < -0.3 is 14.2 Å². The van der Waals surface area contributed by atoms with Gasteiger partial charge in [0.05, 0.1) is 35.1 Å². The summed E-state index contributed by atoms with van der Waals surface area (Å²) in [4.78, 5) is 32.7. The predicted octanol–water partition coefficient (Wildman–Crippen LogP) is 5.14. The van der Waals surface area contributed by atoms with Gasteiger partial charge in [0.2, 0.25) is 0 Å². The smallest absolute Gasteiger partial charge is 0.338 e. The van der Waals surface area contributed by atoms with Gasteiger partial charge in [0.25, 0.3) is 5.56 Å². The number of thiazole rings is 1. The van der Waals surface area contributed by atoms with Crippen LogP contribution in [0.4, 0.5) is 0 Å². The van der Waals surface area contributed by atoms with Crippen molar-refractivity contribution in [2.75, 3.05) is 13.2 Å². The van der Waals surface area contributed by atoms with Crippen LogP contribution in [0, 0.1) is 0 Å². The van der Waals surface area contributed by atoms with Crippen LogP contribution < -0.4 is 24.4 Å². The van der Waals surface area contributed by atoms with Crippen LogP contribution in [0.25, 0.3) is 16.8 Å². The number of carbonyl (C=O) groups excluding carboxylic acids is 1. The van der Waals surface area contributed by atoms with Crippen LogP contribution in [-0.4, -0.2) is 29.9 Å². The molecule has 8 heteroatoms. The Labute approximate surface area is 236 Å². The fourth-order valence-electron chi connectivity index (χ4n) is 4.99. The highest BCUT2D eigenvalue weighted by Gasteiger charge is 2.35. The van der Waals surface area contributed by atoms with E-state index in [0.717, 1.165) is 16.3 Å². The molecule has 206 valence electrons. The summed E-state index contributed by atoms with van der Waals surface area (Å²) in [5.74, 6) is 0.791. The van der Waals surface area contributed by atoms with Gasteiger partial charge in [0.1, 0.15) is 17.5 Å². The number of esters is 1. The molecule has 1 aromatic heterocycles. The molecule has 0 bridgehead atoms. The second kappa shape index (κ2) is 11.5. The first-order chi connectivity index (χ1) is 19.3. The summed E-state index contributed by atoms with van der Waals surface area (Å²) in [6.45, 7) is 10.1. The van der Waals surface area contributed by atoms with Gasteiger partial charge in [-0.15, -0.1) is 0 Å². The lowest BCUT2D eigenvalue weighted by molar-refractivity contribution is -0.139. The maximum Gasteiger partial charge on any atom is 0.338 e. The molecule has 4 aromatic rings. The Bertz CT molecular complexity index is 1800. The highest BCUT2D eigenvalue weighted by atomic mass is 32.1. The van der Waals surface area contributed by atoms with Crippen LogP contribution in [-0.2, 0) is 9.53 Å². The predicted molar refractivity (Wildman–Crippen MR) is 158 cm³/mol. The van der Waals surface area contributed by atoms with Crippen molar-refractivity contribution >= 4 is 34.2 Å². The average Bonchev–Trinajstić information content (AvgIpc) is 3.23. The first kappa shape index (κ1) is 27.4. The number of rotatable bonds is 8. The number of carbonyl (C=O) groups is 1. The Morgan fingerprint density at radius 3 is 2.52 bits per heavy atom. The van der Waals surface area contributed by atoms with Gasteiger partial charge in [-0.3, -0.25) is 9.36 Å². The van der Waals surface area contributed by atoms with Crippen LogP contribution in [0.15, 0.2) is 81.7 Å². The fraction of sp³-hybridized carbons (Fsp3) is 0.281. The third-order valence-electron chi connectivity index (χ3n) is 6.60. The van der Waals surface area contributed by atoms with Crippen LogP contribution >= 0.6 is 11.3 Å². The van der Waals surface area contributed by atoms with Crippen molar-refractivity contribution in [2.24, 2.45) is 4.99 Å². The molecule has 0 spiro atoms. The maximum atomic E-state index is 14.2. The molecule has 1 atom stereocenters. The molecule has 0 radical (unpaired) electrons. The number of hydrogen-bond acceptors (Lipinski definition) is 7. The number of allylic oxidation sites excluding steroid dienone is 1. The van der Waals surface area contributed by atoms with Crippen LogP contribution in [0.3, 0.4) is 0 Å². The van der Waals surface area contributed by atoms with E-state index in [1.54, 1.807) is 18.4 Å². The Kier molecular flexibility index (Phi) is 7.89. The summed E-state index contributed by atoms with van der Waals surface area (Å²) >= 11 is 1.29. The van der Waals surface area contributed by atoms with Gasteiger partial charge in [-0.05, 0) is 63.6 Å². The molecule has 40 heavy (non-hydrogen) atoms. The molecule has 0 amide bonds. The van der Waals surface area contributed by atoms with Crippen molar-refractivity contribution in [2.45, 2.75) is 46.8 Å². The molecular formula is C32H32N2O5S. The van der Waals surface area contributed by atoms with E-state index in [1.807, 2.05) is 87.5 Å². The molecule has 0 aliphatic carbocycles. The van der Waals surface area contributed by atoms with Gasteiger partial charge in [0.15, 0.2) is 4.80 Å². The summed E-state index contributed by atoms with van der Waals surface area (Å²) in [6.07, 6.45) is 1.77. The lowest BCUT2D eigenvalue weighted by Gasteiger charge is -2.26. The van der Waals surface area contributed by atoms with E-state index >= 15 is 0 Å². The van der Waals surface area contributed by atoms with E-state index in [0.29, 0.717) is 44.3 Å². The Balaban J connectivity index is 1.79. The molecule has 5 rings (SSSR count). The number of nitrogens with zero attached hydrogens (tertiary/aromatic N) is 2. The lowest BCUT2D eigenvalue weighted by Crippen LogP contribution is -2.40. The van der Waals surface area contributed by atoms with Crippen molar-refractivity contribution < 1.29 is 19.0 Å². The largest absolute Gasteiger partial charge is 0.493 e. The van der Waals surface area contributed by atoms with Crippen LogP contribution in [0.1, 0.15) is 51.8 Å². The van der Waals surface area contributed by atoms with E-state index < -0.39 is 12.0 Å². The second-order valence-corrected chi connectivity index (χ2v) is 10.6. The number of aromatic nitrogens is 1. The summed E-state index contributed by atoms with van der Waals surface area (Å²) in [7, 11) is 0. The zero-order valence-corrected chi connectivity index (χ0v) is 24.1. The standard InChI is InChI=1S/C32H32N2O5S/c1-6-37-25-17-16-21-12-8-9-13-22(21)24(25)18-27-30(35)34-29(23-14-10-11-15-26(23)39-19(3)4)28(31(36)38-7-2)20(5)33-32(34)40-27/h8-19,29H,6-7H2,1-5H3/b27-18+/t29-/m1/s1. The van der Waals surface area contributed by atoms with Crippen LogP contribution in [0.5, 0.6) is 11.5 Å². The average molecular weight is 557 g/mol. The van der Waals surface area contributed by atoms with Gasteiger partial charge in [-0.25, -0.2) is 9.79 Å². The molecule has 0 saturated heterocycles. The minimum Gasteiger partial charge on any atom is -0.493 e. The first-order valence-electron chi connectivity index (χ1n) is 13.4. The van der Waals surface area contributed by atoms with Crippen molar-refractivity contribution in [3.8, 4) is 11.5 Å². The molecule has 1 aliphatic heterocycles. The van der Waals surface area contributed by atoms with E-state index in [9.17, 15) is 9.59 Å². The first-order valence-corrected chi connectivity index (χ1v) is 14.3. The number of hydrogen-bond donors (Lipinski definition) is 0. The van der Waals surface area contributed by atoms with Gasteiger partial charge in [-0.2, -0.15) is 0 Å². The summed E-state index contributed by atoms with van der Waals surface area (Å²) in [5, 5.41) is 2.03. The lowest BCUT2D eigenvalue weighted by atomic mass is 9.95. The highest BCUT2D eigenvalue weighted by molar-refractivity contribution is 7.07. The molecule has 0 unspecified atom stereocenters. The zero-order valence-electron chi connectivity index (χ0n) is 23.3. The van der Waals surface area contributed by atoms with E-state index in [1.165, 1.54) is 11.3 Å². The molecular weight excluding hydrogens is 524 g/mol. The number of para-hydroxylation sites is 1.